The number of hydrazone groups is 1. The Bertz CT molecular complexity index is 546. The zero-order valence-corrected chi connectivity index (χ0v) is 12.3. The van der Waals surface area contributed by atoms with Crippen LogP contribution >= 0.6 is 0 Å². The Morgan fingerprint density at radius 1 is 1.35 bits per heavy atom. The molecule has 7 nitrogen and oxygen atoms in total. The molecule has 0 bridgehead atoms. The Morgan fingerprint density at radius 3 is 2.55 bits per heavy atom. The van der Waals surface area contributed by atoms with Crippen LogP contribution < -0.4 is 5.43 Å². The number of carbonyl (C=O) groups excluding carboxylic acids is 2. The van der Waals surface area contributed by atoms with Gasteiger partial charge in [-0.1, -0.05) is 0 Å². The Morgan fingerprint density at radius 2 is 2.00 bits per heavy atom. The summed E-state index contributed by atoms with van der Waals surface area (Å²) < 4.78 is 9.43. The number of aromatic nitrogens is 1. The number of hydrogen-bond acceptors (Lipinski definition) is 5. The minimum absolute atomic E-state index is 0.315. The lowest BCUT2D eigenvalue weighted by atomic mass is 10.1. The summed E-state index contributed by atoms with van der Waals surface area (Å²) in [7, 11) is 1.25. The van der Waals surface area contributed by atoms with E-state index < -0.39 is 6.09 Å². The predicted molar refractivity (Wildman–Crippen MR) is 74.0 cm³/mol. The SMILES string of the molecule is CCOC(=O)c1c(C)[nH]c(/C(C)=N/NC(=O)OC)c1C. The number of H-pyrrole nitrogens is 1. The summed E-state index contributed by atoms with van der Waals surface area (Å²) in [4.78, 5) is 25.9. The fourth-order valence-corrected chi connectivity index (χ4v) is 1.85. The molecule has 0 saturated heterocycles. The number of aryl methyl sites for hydroxylation is 1. The third-order valence-electron chi connectivity index (χ3n) is 2.78. The molecule has 0 spiro atoms. The van der Waals surface area contributed by atoms with Crippen LogP contribution in [0.4, 0.5) is 4.79 Å². The van der Waals surface area contributed by atoms with Crippen molar-refractivity contribution in [2.75, 3.05) is 13.7 Å². The number of esters is 1. The fourth-order valence-electron chi connectivity index (χ4n) is 1.85. The van der Waals surface area contributed by atoms with Gasteiger partial charge in [-0.05, 0) is 33.3 Å². The molecule has 0 aliphatic heterocycles. The smallest absolute Gasteiger partial charge is 0.427 e. The second-order valence-corrected chi connectivity index (χ2v) is 4.15. The Hall–Kier alpha value is -2.31. The third kappa shape index (κ3) is 3.37. The van der Waals surface area contributed by atoms with E-state index in [1.54, 1.807) is 27.7 Å². The first-order chi connectivity index (χ1) is 9.42. The van der Waals surface area contributed by atoms with Crippen molar-refractivity contribution in [3.05, 3.63) is 22.5 Å². The van der Waals surface area contributed by atoms with Gasteiger partial charge in [-0.3, -0.25) is 0 Å². The van der Waals surface area contributed by atoms with Crippen molar-refractivity contribution in [1.29, 1.82) is 0 Å². The van der Waals surface area contributed by atoms with E-state index in [1.807, 2.05) is 0 Å². The standard InChI is InChI=1S/C13H19N3O4/c1-6-20-12(17)10-7(2)11(14-8(10)3)9(4)15-16-13(18)19-5/h14H,6H2,1-5H3,(H,16,18)/b15-9+. The van der Waals surface area contributed by atoms with Gasteiger partial charge in [-0.25, -0.2) is 15.0 Å². The molecule has 1 rings (SSSR count). The highest BCUT2D eigenvalue weighted by Gasteiger charge is 2.20. The summed E-state index contributed by atoms with van der Waals surface area (Å²) in [5.74, 6) is -0.376. The molecule has 110 valence electrons. The highest BCUT2D eigenvalue weighted by molar-refractivity contribution is 6.03. The molecular formula is C13H19N3O4. The van der Waals surface area contributed by atoms with Gasteiger partial charge in [-0.15, -0.1) is 0 Å². The van der Waals surface area contributed by atoms with Gasteiger partial charge in [0, 0.05) is 5.69 Å². The van der Waals surface area contributed by atoms with Crippen LogP contribution in [0.2, 0.25) is 0 Å². The van der Waals surface area contributed by atoms with Crippen molar-refractivity contribution < 1.29 is 19.1 Å². The lowest BCUT2D eigenvalue weighted by molar-refractivity contribution is 0.0525. The first-order valence-corrected chi connectivity index (χ1v) is 6.17. The molecule has 0 aromatic carbocycles. The van der Waals surface area contributed by atoms with Crippen molar-refractivity contribution in [1.82, 2.24) is 10.4 Å². The summed E-state index contributed by atoms with van der Waals surface area (Å²) in [6, 6.07) is 0. The second kappa shape index (κ2) is 6.74. The van der Waals surface area contributed by atoms with Gasteiger partial charge in [0.25, 0.3) is 0 Å². The Labute approximate surface area is 117 Å². The molecule has 20 heavy (non-hydrogen) atoms. The number of hydrogen-bond donors (Lipinski definition) is 2. The highest BCUT2D eigenvalue weighted by atomic mass is 16.5. The minimum atomic E-state index is -0.657. The zero-order valence-electron chi connectivity index (χ0n) is 12.3. The molecule has 0 radical (unpaired) electrons. The molecular weight excluding hydrogens is 262 g/mol. The van der Waals surface area contributed by atoms with Crippen molar-refractivity contribution in [2.24, 2.45) is 5.10 Å². The quantitative estimate of drug-likeness (QED) is 0.500. The maximum absolute atomic E-state index is 11.9. The first kappa shape index (κ1) is 15.7. The molecule has 0 aliphatic rings. The van der Waals surface area contributed by atoms with Crippen LogP contribution in [0.25, 0.3) is 0 Å². The van der Waals surface area contributed by atoms with Crippen LogP contribution in [0.5, 0.6) is 0 Å². The third-order valence-corrected chi connectivity index (χ3v) is 2.78. The van der Waals surface area contributed by atoms with Gasteiger partial charge in [0.05, 0.1) is 30.7 Å². The molecule has 7 heteroatoms. The number of ether oxygens (including phenoxy) is 2. The van der Waals surface area contributed by atoms with E-state index in [0.29, 0.717) is 29.3 Å². The van der Waals surface area contributed by atoms with Crippen LogP contribution in [0.3, 0.4) is 0 Å². The number of aromatic amines is 1. The normalized spacial score (nSPS) is 11.2. The van der Waals surface area contributed by atoms with Crippen LogP contribution in [0.15, 0.2) is 5.10 Å². The lowest BCUT2D eigenvalue weighted by Crippen LogP contribution is -2.19. The second-order valence-electron chi connectivity index (χ2n) is 4.15. The van der Waals surface area contributed by atoms with Crippen LogP contribution in [-0.4, -0.2) is 36.5 Å². The number of carbonyl (C=O) groups is 2. The molecule has 0 atom stereocenters. The van der Waals surface area contributed by atoms with E-state index in [4.69, 9.17) is 4.74 Å². The monoisotopic (exact) mass is 281 g/mol. The molecule has 0 unspecified atom stereocenters. The molecule has 2 N–H and O–H groups in total. The van der Waals surface area contributed by atoms with Crippen molar-refractivity contribution in [2.45, 2.75) is 27.7 Å². The lowest BCUT2D eigenvalue weighted by Gasteiger charge is -2.03. The van der Waals surface area contributed by atoms with Gasteiger partial charge in [-0.2, -0.15) is 5.10 Å². The molecule has 0 fully saturated rings. The van der Waals surface area contributed by atoms with Gasteiger partial charge in [0.15, 0.2) is 0 Å². The van der Waals surface area contributed by atoms with Gasteiger partial charge in [0.2, 0.25) is 0 Å². The summed E-state index contributed by atoms with van der Waals surface area (Å²) in [5, 5.41) is 3.89. The zero-order chi connectivity index (χ0) is 15.3. The summed E-state index contributed by atoms with van der Waals surface area (Å²) in [6.45, 7) is 7.35. The molecule has 0 saturated carbocycles. The molecule has 1 heterocycles. The van der Waals surface area contributed by atoms with E-state index in [2.05, 4.69) is 20.2 Å². The molecule has 1 amide bonds. The maximum Gasteiger partial charge on any atom is 0.427 e. The van der Waals surface area contributed by atoms with Crippen molar-refractivity contribution in [3.63, 3.8) is 0 Å². The van der Waals surface area contributed by atoms with Crippen molar-refractivity contribution >= 4 is 17.8 Å². The molecule has 1 aromatic heterocycles. The van der Waals surface area contributed by atoms with Gasteiger partial charge in [0.1, 0.15) is 0 Å². The minimum Gasteiger partial charge on any atom is -0.462 e. The number of rotatable bonds is 4. The van der Waals surface area contributed by atoms with E-state index in [0.717, 1.165) is 5.56 Å². The van der Waals surface area contributed by atoms with Gasteiger partial charge < -0.3 is 14.5 Å². The topological polar surface area (TPSA) is 92.8 Å². The Kier molecular flexibility index (Phi) is 5.31. The average molecular weight is 281 g/mol. The van der Waals surface area contributed by atoms with Crippen LogP contribution in [-0.2, 0) is 9.47 Å². The maximum atomic E-state index is 11.9. The van der Waals surface area contributed by atoms with E-state index >= 15 is 0 Å². The first-order valence-electron chi connectivity index (χ1n) is 6.17. The van der Waals surface area contributed by atoms with E-state index in [9.17, 15) is 9.59 Å². The Balaban J connectivity index is 3.06. The summed E-state index contributed by atoms with van der Waals surface area (Å²) >= 11 is 0. The van der Waals surface area contributed by atoms with E-state index in [-0.39, 0.29) is 5.97 Å². The fraction of sp³-hybridized carbons (Fsp3) is 0.462. The molecule has 1 aromatic rings. The predicted octanol–water partition coefficient (Wildman–Crippen LogP) is 1.89. The largest absolute Gasteiger partial charge is 0.462 e. The number of methoxy groups -OCH3 is 1. The summed E-state index contributed by atoms with van der Waals surface area (Å²) in [5.41, 5.74) is 5.36. The number of nitrogens with one attached hydrogen (secondary N) is 2. The molecule has 0 aliphatic carbocycles. The highest BCUT2D eigenvalue weighted by Crippen LogP contribution is 2.19. The average Bonchev–Trinajstić information content (AvgIpc) is 2.71. The van der Waals surface area contributed by atoms with E-state index in [1.165, 1.54) is 7.11 Å². The number of amides is 1. The van der Waals surface area contributed by atoms with Gasteiger partial charge >= 0.3 is 12.1 Å². The van der Waals surface area contributed by atoms with Crippen LogP contribution in [0.1, 0.15) is 41.2 Å². The van der Waals surface area contributed by atoms with Crippen molar-refractivity contribution in [3.8, 4) is 0 Å². The summed E-state index contributed by atoms with van der Waals surface area (Å²) in [6.07, 6.45) is -0.657. The van der Waals surface area contributed by atoms with Crippen LogP contribution in [0, 0.1) is 13.8 Å². The number of nitrogens with zero attached hydrogens (tertiary/aromatic N) is 1.